The Morgan fingerprint density at radius 3 is 2.58 bits per heavy atom. The minimum Gasteiger partial charge on any atom is -0.371 e. The molecule has 0 saturated heterocycles. The van der Waals surface area contributed by atoms with E-state index in [2.05, 4.69) is 31.3 Å². The summed E-state index contributed by atoms with van der Waals surface area (Å²) in [6, 6.07) is 10.3. The standard InChI is InChI=1S/C16H24N2O/c1-4-16(3)11-17-15(18-12-16)14(19-5-2)13-9-7-6-8-10-13/h6-10,14H,4-5,11-12H2,1-3H3,(H,17,18)/t14-/m0/s1. The molecule has 104 valence electrons. The number of amidine groups is 1. The van der Waals surface area contributed by atoms with Crippen molar-refractivity contribution in [2.75, 3.05) is 19.7 Å². The lowest BCUT2D eigenvalue weighted by molar-refractivity contribution is 0.105. The van der Waals surface area contributed by atoms with Gasteiger partial charge in [-0.25, -0.2) is 0 Å². The Labute approximate surface area is 116 Å². The smallest absolute Gasteiger partial charge is 0.139 e. The third-order valence-electron chi connectivity index (χ3n) is 3.86. The first-order chi connectivity index (χ1) is 9.18. The van der Waals surface area contributed by atoms with E-state index in [1.165, 1.54) is 0 Å². The summed E-state index contributed by atoms with van der Waals surface area (Å²) in [6.45, 7) is 9.06. The highest BCUT2D eigenvalue weighted by Crippen LogP contribution is 2.26. The summed E-state index contributed by atoms with van der Waals surface area (Å²) >= 11 is 0. The Kier molecular flexibility index (Phi) is 4.59. The van der Waals surface area contributed by atoms with E-state index in [4.69, 9.17) is 9.73 Å². The van der Waals surface area contributed by atoms with E-state index in [1.54, 1.807) is 0 Å². The third kappa shape index (κ3) is 3.35. The van der Waals surface area contributed by atoms with E-state index < -0.39 is 0 Å². The molecule has 1 aliphatic rings. The van der Waals surface area contributed by atoms with Gasteiger partial charge in [0.25, 0.3) is 0 Å². The van der Waals surface area contributed by atoms with Crippen molar-refractivity contribution in [3.8, 4) is 0 Å². The van der Waals surface area contributed by atoms with Crippen molar-refractivity contribution >= 4 is 5.84 Å². The van der Waals surface area contributed by atoms with Gasteiger partial charge in [-0.1, -0.05) is 44.2 Å². The molecule has 1 N–H and O–H groups in total. The number of hydrogen-bond donors (Lipinski definition) is 1. The van der Waals surface area contributed by atoms with Gasteiger partial charge in [-0.3, -0.25) is 4.99 Å². The van der Waals surface area contributed by atoms with Crippen LogP contribution in [0.5, 0.6) is 0 Å². The van der Waals surface area contributed by atoms with Crippen molar-refractivity contribution in [1.29, 1.82) is 0 Å². The van der Waals surface area contributed by atoms with Gasteiger partial charge >= 0.3 is 0 Å². The Bertz CT molecular complexity index is 430. The maximum Gasteiger partial charge on any atom is 0.139 e. The second-order valence-corrected chi connectivity index (χ2v) is 5.47. The number of hydrogen-bond acceptors (Lipinski definition) is 3. The van der Waals surface area contributed by atoms with Crippen LogP contribution in [0.2, 0.25) is 0 Å². The molecule has 1 heterocycles. The largest absolute Gasteiger partial charge is 0.371 e. The fourth-order valence-electron chi connectivity index (χ4n) is 2.23. The first-order valence-electron chi connectivity index (χ1n) is 7.13. The van der Waals surface area contributed by atoms with E-state index in [9.17, 15) is 0 Å². The summed E-state index contributed by atoms with van der Waals surface area (Å²) in [5.74, 6) is 0.971. The summed E-state index contributed by atoms with van der Waals surface area (Å²) in [5, 5.41) is 3.47. The summed E-state index contributed by atoms with van der Waals surface area (Å²) < 4.78 is 5.88. The van der Waals surface area contributed by atoms with E-state index in [1.807, 2.05) is 25.1 Å². The molecule has 0 unspecified atom stereocenters. The molecule has 0 radical (unpaired) electrons. The second kappa shape index (κ2) is 6.20. The van der Waals surface area contributed by atoms with Crippen LogP contribution >= 0.6 is 0 Å². The van der Waals surface area contributed by atoms with E-state index in [-0.39, 0.29) is 11.5 Å². The van der Waals surface area contributed by atoms with Crippen molar-refractivity contribution in [2.24, 2.45) is 10.4 Å². The number of benzene rings is 1. The summed E-state index contributed by atoms with van der Waals surface area (Å²) in [7, 11) is 0. The highest BCUT2D eigenvalue weighted by molar-refractivity contribution is 5.88. The predicted octanol–water partition coefficient (Wildman–Crippen LogP) is 3.18. The van der Waals surface area contributed by atoms with Crippen LogP contribution in [0.15, 0.2) is 35.3 Å². The lowest BCUT2D eigenvalue weighted by atomic mass is 9.86. The minimum absolute atomic E-state index is 0.0624. The normalized spacial score (nSPS) is 24.5. The van der Waals surface area contributed by atoms with Crippen LogP contribution in [-0.2, 0) is 4.74 Å². The van der Waals surface area contributed by atoms with Crippen molar-refractivity contribution in [1.82, 2.24) is 5.32 Å². The second-order valence-electron chi connectivity index (χ2n) is 5.47. The van der Waals surface area contributed by atoms with Crippen molar-refractivity contribution in [2.45, 2.75) is 33.3 Å². The average Bonchev–Trinajstić information content (AvgIpc) is 2.47. The lowest BCUT2D eigenvalue weighted by Crippen LogP contribution is -2.45. The Morgan fingerprint density at radius 2 is 2.05 bits per heavy atom. The van der Waals surface area contributed by atoms with Crippen LogP contribution in [0.3, 0.4) is 0 Å². The van der Waals surface area contributed by atoms with Crippen LogP contribution in [0.25, 0.3) is 0 Å². The number of nitrogens with one attached hydrogen (secondary N) is 1. The van der Waals surface area contributed by atoms with Crippen LogP contribution in [-0.4, -0.2) is 25.5 Å². The maximum atomic E-state index is 5.88. The van der Waals surface area contributed by atoms with Gasteiger partial charge in [0.2, 0.25) is 0 Å². The zero-order chi connectivity index (χ0) is 13.7. The van der Waals surface area contributed by atoms with Gasteiger partial charge in [-0.15, -0.1) is 0 Å². The van der Waals surface area contributed by atoms with Gasteiger partial charge in [0.1, 0.15) is 11.9 Å². The highest BCUT2D eigenvalue weighted by Gasteiger charge is 2.29. The summed E-state index contributed by atoms with van der Waals surface area (Å²) in [5.41, 5.74) is 1.44. The Morgan fingerprint density at radius 1 is 1.32 bits per heavy atom. The Hall–Kier alpha value is -1.35. The molecule has 2 atom stereocenters. The molecule has 0 spiro atoms. The van der Waals surface area contributed by atoms with Gasteiger partial charge < -0.3 is 10.1 Å². The number of aliphatic imine (C=N–C) groups is 1. The first-order valence-corrected chi connectivity index (χ1v) is 7.13. The zero-order valence-corrected chi connectivity index (χ0v) is 12.1. The van der Waals surface area contributed by atoms with Crippen LogP contribution in [0, 0.1) is 5.41 Å². The van der Waals surface area contributed by atoms with E-state index in [0.717, 1.165) is 30.9 Å². The van der Waals surface area contributed by atoms with Crippen LogP contribution in [0.4, 0.5) is 0 Å². The molecule has 0 fully saturated rings. The lowest BCUT2D eigenvalue weighted by Gasteiger charge is -2.34. The Balaban J connectivity index is 2.17. The molecule has 0 aromatic heterocycles. The predicted molar refractivity (Wildman–Crippen MR) is 79.5 cm³/mol. The van der Waals surface area contributed by atoms with Crippen LogP contribution < -0.4 is 5.32 Å². The number of rotatable bonds is 5. The molecule has 0 amide bonds. The third-order valence-corrected chi connectivity index (χ3v) is 3.86. The SMILES string of the molecule is CCO[C@H](C1=NC[C@](C)(CC)CN1)c1ccccc1. The molecule has 1 aromatic rings. The topological polar surface area (TPSA) is 33.6 Å². The fraction of sp³-hybridized carbons (Fsp3) is 0.562. The van der Waals surface area contributed by atoms with Gasteiger partial charge in [0.15, 0.2) is 0 Å². The summed E-state index contributed by atoms with van der Waals surface area (Å²) in [6.07, 6.45) is 1.08. The fourth-order valence-corrected chi connectivity index (χ4v) is 2.23. The van der Waals surface area contributed by atoms with Crippen molar-refractivity contribution in [3.05, 3.63) is 35.9 Å². The van der Waals surface area contributed by atoms with Gasteiger partial charge in [0.05, 0.1) is 0 Å². The number of ether oxygens (including phenoxy) is 1. The van der Waals surface area contributed by atoms with Crippen molar-refractivity contribution < 1.29 is 4.74 Å². The molecule has 3 nitrogen and oxygen atoms in total. The molecule has 1 aromatic carbocycles. The maximum absolute atomic E-state index is 5.88. The van der Waals surface area contributed by atoms with Crippen LogP contribution in [0.1, 0.15) is 38.9 Å². The molecular weight excluding hydrogens is 236 g/mol. The average molecular weight is 260 g/mol. The van der Waals surface area contributed by atoms with E-state index >= 15 is 0 Å². The molecule has 1 aliphatic heterocycles. The van der Waals surface area contributed by atoms with Crippen molar-refractivity contribution in [3.63, 3.8) is 0 Å². The number of nitrogens with zero attached hydrogens (tertiary/aromatic N) is 1. The molecule has 2 rings (SSSR count). The monoisotopic (exact) mass is 260 g/mol. The molecule has 0 bridgehead atoms. The van der Waals surface area contributed by atoms with E-state index in [0.29, 0.717) is 6.61 Å². The summed E-state index contributed by atoms with van der Waals surface area (Å²) in [4.78, 5) is 4.73. The first kappa shape index (κ1) is 14.1. The van der Waals surface area contributed by atoms with Gasteiger partial charge in [0, 0.05) is 25.1 Å². The molecule has 0 saturated carbocycles. The van der Waals surface area contributed by atoms with Gasteiger partial charge in [-0.05, 0) is 18.9 Å². The molecule has 3 heteroatoms. The minimum atomic E-state index is -0.0624. The zero-order valence-electron chi connectivity index (χ0n) is 12.1. The highest BCUT2D eigenvalue weighted by atomic mass is 16.5. The molecule has 19 heavy (non-hydrogen) atoms. The molecule has 0 aliphatic carbocycles. The molecular formula is C16H24N2O. The van der Waals surface area contributed by atoms with Gasteiger partial charge in [-0.2, -0.15) is 0 Å². The quantitative estimate of drug-likeness (QED) is 0.882.